The second kappa shape index (κ2) is 5.66. The van der Waals surface area contributed by atoms with Crippen molar-refractivity contribution < 1.29 is 0 Å². The van der Waals surface area contributed by atoms with Gasteiger partial charge in [-0.15, -0.1) is 0 Å². The number of fused-ring (bicyclic) bond motifs is 2. The second-order valence-corrected chi connectivity index (χ2v) is 7.72. The first-order valence-corrected chi connectivity index (χ1v) is 9.10. The largest absolute Gasteiger partial charge is 0.353 e. The highest BCUT2D eigenvalue weighted by molar-refractivity contribution is 5.29. The molecule has 4 atom stereocenters. The molecule has 3 nitrogen and oxygen atoms in total. The summed E-state index contributed by atoms with van der Waals surface area (Å²) in [5.74, 6) is 4.01. The Bertz CT molecular complexity index is 475. The van der Waals surface area contributed by atoms with E-state index in [9.17, 15) is 0 Å². The molecule has 4 unspecified atom stereocenters. The lowest BCUT2D eigenvalue weighted by atomic mass is 9.84. The SMILES string of the molecule is CC(Nc1nccn1C1CCCCC1)C1CC2CCC1C2. The van der Waals surface area contributed by atoms with E-state index in [0.717, 1.165) is 23.7 Å². The van der Waals surface area contributed by atoms with Crippen molar-refractivity contribution in [3.63, 3.8) is 0 Å². The third kappa shape index (κ3) is 2.60. The molecule has 3 aliphatic carbocycles. The molecular weight excluding hydrogens is 258 g/mol. The zero-order chi connectivity index (χ0) is 14.2. The maximum Gasteiger partial charge on any atom is 0.203 e. The van der Waals surface area contributed by atoms with Gasteiger partial charge in [-0.2, -0.15) is 0 Å². The van der Waals surface area contributed by atoms with Crippen molar-refractivity contribution in [1.29, 1.82) is 0 Å². The lowest BCUT2D eigenvalue weighted by Crippen LogP contribution is -2.31. The lowest BCUT2D eigenvalue weighted by molar-refractivity contribution is 0.301. The van der Waals surface area contributed by atoms with Gasteiger partial charge in [0.1, 0.15) is 0 Å². The Morgan fingerprint density at radius 3 is 2.71 bits per heavy atom. The normalized spacial score (nSPS) is 34.2. The summed E-state index contributed by atoms with van der Waals surface area (Å²) in [6.07, 6.45) is 16.9. The van der Waals surface area contributed by atoms with E-state index in [4.69, 9.17) is 0 Å². The molecule has 0 radical (unpaired) electrons. The Labute approximate surface area is 128 Å². The maximum atomic E-state index is 4.62. The first-order chi connectivity index (χ1) is 10.3. The summed E-state index contributed by atoms with van der Waals surface area (Å²) in [5, 5.41) is 3.77. The molecule has 2 bridgehead atoms. The van der Waals surface area contributed by atoms with Crippen molar-refractivity contribution in [3.05, 3.63) is 12.4 Å². The van der Waals surface area contributed by atoms with Gasteiger partial charge in [0.15, 0.2) is 0 Å². The number of anilines is 1. The standard InChI is InChI=1S/C18H29N3/c1-13(17-12-14-7-8-15(17)11-14)20-18-19-9-10-21(18)16-5-3-2-4-6-16/h9-10,13-17H,2-8,11-12H2,1H3,(H,19,20). The van der Waals surface area contributed by atoms with Gasteiger partial charge in [-0.1, -0.05) is 25.7 Å². The molecule has 0 saturated heterocycles. The van der Waals surface area contributed by atoms with E-state index >= 15 is 0 Å². The number of aromatic nitrogens is 2. The fourth-order valence-electron chi connectivity index (χ4n) is 5.30. The van der Waals surface area contributed by atoms with Crippen LogP contribution in [0.1, 0.15) is 70.8 Å². The van der Waals surface area contributed by atoms with Crippen LogP contribution in [0.5, 0.6) is 0 Å². The highest BCUT2D eigenvalue weighted by Crippen LogP contribution is 2.49. The van der Waals surface area contributed by atoms with Gasteiger partial charge in [0.05, 0.1) is 0 Å². The van der Waals surface area contributed by atoms with Crippen LogP contribution in [0, 0.1) is 17.8 Å². The minimum absolute atomic E-state index is 0.574. The molecule has 3 heteroatoms. The predicted molar refractivity (Wildman–Crippen MR) is 86.4 cm³/mol. The quantitative estimate of drug-likeness (QED) is 0.875. The topological polar surface area (TPSA) is 29.9 Å². The lowest BCUT2D eigenvalue weighted by Gasteiger charge is -2.30. The number of rotatable bonds is 4. The first kappa shape index (κ1) is 13.7. The second-order valence-electron chi connectivity index (χ2n) is 7.72. The van der Waals surface area contributed by atoms with E-state index in [-0.39, 0.29) is 0 Å². The van der Waals surface area contributed by atoms with Crippen LogP contribution in [0.4, 0.5) is 5.95 Å². The summed E-state index contributed by atoms with van der Waals surface area (Å²) in [5.41, 5.74) is 0. The molecule has 1 N–H and O–H groups in total. The number of imidazole rings is 1. The molecule has 116 valence electrons. The molecule has 3 fully saturated rings. The maximum absolute atomic E-state index is 4.62. The molecule has 1 aromatic heterocycles. The monoisotopic (exact) mass is 287 g/mol. The van der Waals surface area contributed by atoms with Crippen LogP contribution in [0.15, 0.2) is 12.4 Å². The average Bonchev–Trinajstić information content (AvgIpc) is 3.24. The molecule has 0 amide bonds. The van der Waals surface area contributed by atoms with Crippen LogP contribution in [0.3, 0.4) is 0 Å². The van der Waals surface area contributed by atoms with Crippen molar-refractivity contribution in [2.45, 2.75) is 76.8 Å². The van der Waals surface area contributed by atoms with Gasteiger partial charge < -0.3 is 9.88 Å². The predicted octanol–water partition coefficient (Wildman–Crippen LogP) is 4.62. The van der Waals surface area contributed by atoms with Crippen molar-refractivity contribution in [2.75, 3.05) is 5.32 Å². The van der Waals surface area contributed by atoms with Gasteiger partial charge in [0.2, 0.25) is 5.95 Å². The van der Waals surface area contributed by atoms with Gasteiger partial charge in [-0.25, -0.2) is 4.98 Å². The summed E-state index contributed by atoms with van der Waals surface area (Å²) in [4.78, 5) is 4.62. The van der Waals surface area contributed by atoms with Crippen LogP contribution in [-0.4, -0.2) is 15.6 Å². The van der Waals surface area contributed by atoms with Crippen LogP contribution >= 0.6 is 0 Å². The zero-order valence-electron chi connectivity index (χ0n) is 13.3. The Kier molecular flexibility index (Phi) is 3.68. The van der Waals surface area contributed by atoms with Crippen LogP contribution < -0.4 is 5.32 Å². The Balaban J connectivity index is 1.43. The first-order valence-electron chi connectivity index (χ1n) is 9.10. The summed E-state index contributed by atoms with van der Waals surface area (Å²) in [6.45, 7) is 2.38. The Hall–Kier alpha value is -0.990. The van der Waals surface area contributed by atoms with Crippen LogP contribution in [0.25, 0.3) is 0 Å². The van der Waals surface area contributed by atoms with E-state index in [0.29, 0.717) is 12.1 Å². The molecule has 3 aliphatic rings. The number of nitrogens with zero attached hydrogens (tertiary/aromatic N) is 2. The Morgan fingerprint density at radius 2 is 2.00 bits per heavy atom. The third-order valence-electron chi connectivity index (χ3n) is 6.43. The third-order valence-corrected chi connectivity index (χ3v) is 6.43. The average molecular weight is 287 g/mol. The van der Waals surface area contributed by atoms with Crippen molar-refractivity contribution in [3.8, 4) is 0 Å². The molecule has 0 aromatic carbocycles. The fraction of sp³-hybridized carbons (Fsp3) is 0.833. The summed E-state index contributed by atoms with van der Waals surface area (Å²) >= 11 is 0. The molecule has 1 aromatic rings. The smallest absolute Gasteiger partial charge is 0.203 e. The molecule has 3 saturated carbocycles. The van der Waals surface area contributed by atoms with Gasteiger partial charge >= 0.3 is 0 Å². The zero-order valence-corrected chi connectivity index (χ0v) is 13.3. The van der Waals surface area contributed by atoms with Gasteiger partial charge in [-0.05, 0) is 56.8 Å². The van der Waals surface area contributed by atoms with E-state index < -0.39 is 0 Å². The summed E-state index contributed by atoms with van der Waals surface area (Å²) in [6, 6.07) is 1.25. The molecular formula is C18H29N3. The molecule has 0 aliphatic heterocycles. The van der Waals surface area contributed by atoms with Crippen LogP contribution in [0.2, 0.25) is 0 Å². The molecule has 1 heterocycles. The van der Waals surface area contributed by atoms with Crippen molar-refractivity contribution >= 4 is 5.95 Å². The number of hydrogen-bond donors (Lipinski definition) is 1. The van der Waals surface area contributed by atoms with E-state index in [1.165, 1.54) is 57.8 Å². The minimum atomic E-state index is 0.574. The molecule has 21 heavy (non-hydrogen) atoms. The summed E-state index contributed by atoms with van der Waals surface area (Å²) < 4.78 is 2.42. The van der Waals surface area contributed by atoms with Crippen molar-refractivity contribution in [2.24, 2.45) is 17.8 Å². The van der Waals surface area contributed by atoms with E-state index in [1.807, 2.05) is 6.20 Å². The number of nitrogens with one attached hydrogen (secondary N) is 1. The highest BCUT2D eigenvalue weighted by atomic mass is 15.2. The van der Waals surface area contributed by atoms with E-state index in [1.54, 1.807) is 0 Å². The molecule has 4 rings (SSSR count). The van der Waals surface area contributed by atoms with Crippen LogP contribution in [-0.2, 0) is 0 Å². The van der Waals surface area contributed by atoms with Gasteiger partial charge in [0, 0.05) is 24.5 Å². The Morgan fingerprint density at radius 1 is 1.14 bits per heavy atom. The highest BCUT2D eigenvalue weighted by Gasteiger charge is 2.42. The van der Waals surface area contributed by atoms with Gasteiger partial charge in [0.25, 0.3) is 0 Å². The van der Waals surface area contributed by atoms with E-state index in [2.05, 4.69) is 28.0 Å². The number of hydrogen-bond acceptors (Lipinski definition) is 2. The minimum Gasteiger partial charge on any atom is -0.353 e. The summed E-state index contributed by atoms with van der Waals surface area (Å²) in [7, 11) is 0. The van der Waals surface area contributed by atoms with Crippen molar-refractivity contribution in [1.82, 2.24) is 9.55 Å². The fourth-order valence-corrected chi connectivity index (χ4v) is 5.30. The van der Waals surface area contributed by atoms with Gasteiger partial charge in [-0.3, -0.25) is 0 Å². The molecule has 0 spiro atoms.